The van der Waals surface area contributed by atoms with Gasteiger partial charge in [0.15, 0.2) is 5.79 Å². The fourth-order valence-electron chi connectivity index (χ4n) is 2.24. The van der Waals surface area contributed by atoms with E-state index < -0.39 is 15.8 Å². The lowest BCUT2D eigenvalue weighted by Crippen LogP contribution is -2.34. The van der Waals surface area contributed by atoms with Gasteiger partial charge in [-0.25, -0.2) is 13.1 Å². The number of hydrogen-bond donors (Lipinski definition) is 1. The van der Waals surface area contributed by atoms with Gasteiger partial charge < -0.3 is 9.47 Å². The number of nitrogens with one attached hydrogen (secondary N) is 1. The van der Waals surface area contributed by atoms with Crippen molar-refractivity contribution in [2.75, 3.05) is 13.2 Å². The Morgan fingerprint density at radius 1 is 1.35 bits per heavy atom. The van der Waals surface area contributed by atoms with Gasteiger partial charge in [0.2, 0.25) is 10.0 Å². The van der Waals surface area contributed by atoms with Gasteiger partial charge in [-0.1, -0.05) is 17.7 Å². The minimum absolute atomic E-state index is 0.207. The normalized spacial score (nSPS) is 22.1. The summed E-state index contributed by atoms with van der Waals surface area (Å²) < 4.78 is 38.1. The van der Waals surface area contributed by atoms with Crippen LogP contribution in [0.5, 0.6) is 0 Å². The molecule has 0 saturated carbocycles. The molecule has 1 aliphatic rings. The molecule has 1 aromatic carbocycles. The Bertz CT molecular complexity index is 595. The standard InChI is InChI=1S/C14H21NO4S/c1-10-5-6-13(11(2)7-10)20(16,17)15-8-12-9-18-14(3,4)19-12/h5-7,12,15H,8-9H2,1-4H3. The van der Waals surface area contributed by atoms with Gasteiger partial charge in [-0.15, -0.1) is 0 Å². The van der Waals surface area contributed by atoms with Crippen molar-refractivity contribution >= 4 is 10.0 Å². The Labute approximate surface area is 120 Å². The number of sulfonamides is 1. The van der Waals surface area contributed by atoms with Gasteiger partial charge in [-0.05, 0) is 39.3 Å². The van der Waals surface area contributed by atoms with E-state index in [2.05, 4.69) is 4.72 Å². The summed E-state index contributed by atoms with van der Waals surface area (Å²) in [6, 6.07) is 5.27. The first-order chi connectivity index (χ1) is 9.20. The van der Waals surface area contributed by atoms with Crippen LogP contribution < -0.4 is 4.72 Å². The van der Waals surface area contributed by atoms with Crippen molar-refractivity contribution < 1.29 is 17.9 Å². The van der Waals surface area contributed by atoms with Crippen LogP contribution in [0.4, 0.5) is 0 Å². The van der Waals surface area contributed by atoms with Gasteiger partial charge in [-0.3, -0.25) is 0 Å². The Morgan fingerprint density at radius 2 is 2.05 bits per heavy atom. The second-order valence-electron chi connectivity index (χ2n) is 5.57. The summed E-state index contributed by atoms with van der Waals surface area (Å²) in [6.45, 7) is 7.95. The Morgan fingerprint density at radius 3 is 2.60 bits per heavy atom. The molecule has 1 heterocycles. The summed E-state index contributed by atoms with van der Waals surface area (Å²) in [6.07, 6.45) is -0.259. The van der Waals surface area contributed by atoms with Crippen molar-refractivity contribution in [3.8, 4) is 0 Å². The average molecular weight is 299 g/mol. The van der Waals surface area contributed by atoms with Crippen LogP contribution in [0.15, 0.2) is 23.1 Å². The largest absolute Gasteiger partial charge is 0.348 e. The minimum Gasteiger partial charge on any atom is -0.348 e. The minimum atomic E-state index is -3.52. The van der Waals surface area contributed by atoms with Crippen molar-refractivity contribution in [1.82, 2.24) is 4.72 Å². The molecule has 0 bridgehead atoms. The molecule has 0 radical (unpaired) electrons. The molecule has 1 N–H and O–H groups in total. The third-order valence-corrected chi connectivity index (χ3v) is 4.77. The lowest BCUT2D eigenvalue weighted by atomic mass is 10.2. The molecule has 20 heavy (non-hydrogen) atoms. The molecule has 1 saturated heterocycles. The van der Waals surface area contributed by atoms with Gasteiger partial charge in [0.1, 0.15) is 0 Å². The maximum atomic E-state index is 12.3. The monoisotopic (exact) mass is 299 g/mol. The van der Waals surface area contributed by atoms with E-state index in [1.165, 1.54) is 0 Å². The molecule has 0 aromatic heterocycles. The van der Waals surface area contributed by atoms with Crippen LogP contribution in [0.3, 0.4) is 0 Å². The quantitative estimate of drug-likeness (QED) is 0.919. The predicted molar refractivity (Wildman–Crippen MR) is 76.0 cm³/mol. The molecule has 5 nitrogen and oxygen atoms in total. The van der Waals surface area contributed by atoms with E-state index >= 15 is 0 Å². The highest BCUT2D eigenvalue weighted by Crippen LogP contribution is 2.22. The molecule has 112 valence electrons. The molecule has 1 aromatic rings. The highest BCUT2D eigenvalue weighted by Gasteiger charge is 2.33. The van der Waals surface area contributed by atoms with E-state index in [4.69, 9.17) is 9.47 Å². The van der Waals surface area contributed by atoms with E-state index in [-0.39, 0.29) is 12.6 Å². The number of benzene rings is 1. The lowest BCUT2D eigenvalue weighted by Gasteiger charge is -2.17. The van der Waals surface area contributed by atoms with E-state index in [0.717, 1.165) is 11.1 Å². The van der Waals surface area contributed by atoms with Gasteiger partial charge >= 0.3 is 0 Å². The number of aryl methyl sites for hydroxylation is 2. The summed E-state index contributed by atoms with van der Waals surface area (Å²) >= 11 is 0. The zero-order valence-corrected chi connectivity index (χ0v) is 13.1. The average Bonchev–Trinajstić information content (AvgIpc) is 2.66. The third kappa shape index (κ3) is 3.58. The van der Waals surface area contributed by atoms with Crippen molar-refractivity contribution in [3.05, 3.63) is 29.3 Å². The highest BCUT2D eigenvalue weighted by atomic mass is 32.2. The Kier molecular flexibility index (Phi) is 4.20. The molecule has 1 fully saturated rings. The molecule has 6 heteroatoms. The summed E-state index contributed by atoms with van der Waals surface area (Å²) in [5.74, 6) is -0.643. The van der Waals surface area contributed by atoms with Crippen molar-refractivity contribution in [3.63, 3.8) is 0 Å². The molecule has 0 amide bonds. The molecule has 1 unspecified atom stereocenters. The van der Waals surface area contributed by atoms with Crippen LogP contribution in [-0.4, -0.2) is 33.5 Å². The van der Waals surface area contributed by atoms with Crippen LogP contribution in [0.1, 0.15) is 25.0 Å². The molecule has 0 spiro atoms. The van der Waals surface area contributed by atoms with Crippen molar-refractivity contribution in [2.24, 2.45) is 0 Å². The van der Waals surface area contributed by atoms with E-state index in [1.807, 2.05) is 26.8 Å². The molecular weight excluding hydrogens is 278 g/mol. The fourth-order valence-corrected chi connectivity index (χ4v) is 3.54. The van der Waals surface area contributed by atoms with Crippen LogP contribution >= 0.6 is 0 Å². The second kappa shape index (κ2) is 5.44. The van der Waals surface area contributed by atoms with Crippen LogP contribution in [0.25, 0.3) is 0 Å². The van der Waals surface area contributed by atoms with E-state index in [9.17, 15) is 8.42 Å². The molecule has 1 aliphatic heterocycles. The maximum Gasteiger partial charge on any atom is 0.240 e. The lowest BCUT2D eigenvalue weighted by molar-refractivity contribution is -0.137. The molecule has 1 atom stereocenters. The molecule has 0 aliphatic carbocycles. The number of rotatable bonds is 4. The highest BCUT2D eigenvalue weighted by molar-refractivity contribution is 7.89. The Balaban J connectivity index is 2.05. The van der Waals surface area contributed by atoms with Crippen LogP contribution in [-0.2, 0) is 19.5 Å². The van der Waals surface area contributed by atoms with E-state index in [0.29, 0.717) is 11.5 Å². The topological polar surface area (TPSA) is 64.6 Å². The summed E-state index contributed by atoms with van der Waals surface area (Å²) in [4.78, 5) is 0.307. The van der Waals surface area contributed by atoms with Crippen molar-refractivity contribution in [2.45, 2.75) is 44.5 Å². The predicted octanol–water partition coefficient (Wildman–Crippen LogP) is 1.73. The summed E-state index contributed by atoms with van der Waals surface area (Å²) in [7, 11) is -3.52. The first-order valence-corrected chi connectivity index (χ1v) is 8.07. The number of hydrogen-bond acceptors (Lipinski definition) is 4. The first-order valence-electron chi connectivity index (χ1n) is 6.58. The van der Waals surface area contributed by atoms with Gasteiger partial charge in [0, 0.05) is 6.54 Å². The second-order valence-corrected chi connectivity index (χ2v) is 7.31. The molecule has 2 rings (SSSR count). The summed E-state index contributed by atoms with van der Waals surface area (Å²) in [5.41, 5.74) is 1.78. The molecular formula is C14H21NO4S. The van der Waals surface area contributed by atoms with Crippen LogP contribution in [0.2, 0.25) is 0 Å². The smallest absolute Gasteiger partial charge is 0.240 e. The number of ether oxygens (including phenoxy) is 2. The van der Waals surface area contributed by atoms with E-state index in [1.54, 1.807) is 19.1 Å². The van der Waals surface area contributed by atoms with Crippen LogP contribution in [0, 0.1) is 13.8 Å². The van der Waals surface area contributed by atoms with Gasteiger partial charge in [0.05, 0.1) is 17.6 Å². The third-order valence-electron chi connectivity index (χ3n) is 3.19. The zero-order chi connectivity index (χ0) is 15.0. The SMILES string of the molecule is Cc1ccc(S(=O)(=O)NCC2COC(C)(C)O2)c(C)c1. The Hall–Kier alpha value is -0.950. The zero-order valence-electron chi connectivity index (χ0n) is 12.3. The van der Waals surface area contributed by atoms with Gasteiger partial charge in [-0.2, -0.15) is 0 Å². The summed E-state index contributed by atoms with van der Waals surface area (Å²) in [5, 5.41) is 0. The first kappa shape index (κ1) is 15.4. The van der Waals surface area contributed by atoms with Gasteiger partial charge in [0.25, 0.3) is 0 Å². The fraction of sp³-hybridized carbons (Fsp3) is 0.571. The van der Waals surface area contributed by atoms with Crippen molar-refractivity contribution in [1.29, 1.82) is 0 Å². The maximum absolute atomic E-state index is 12.3.